The molecule has 0 unspecified atom stereocenters. The fourth-order valence-electron chi connectivity index (χ4n) is 4.01. The third-order valence-corrected chi connectivity index (χ3v) is 5.97. The molecule has 33 heavy (non-hydrogen) atoms. The predicted molar refractivity (Wildman–Crippen MR) is 124 cm³/mol. The quantitative estimate of drug-likeness (QED) is 0.474. The standard InChI is InChI=1S/C25H25N3O5/c1-14-22(15(2)33-27-14)18-10-16-11-19(25(3,4)24(30)31)23(29)28(20(16)12-21(18)32-5)13-17-8-6-7-9-26-17/h6-12H,13H2,1-5H3,(H,30,31). The summed E-state index contributed by atoms with van der Waals surface area (Å²) in [6.45, 7) is 6.91. The molecule has 0 bridgehead atoms. The van der Waals surface area contributed by atoms with Gasteiger partial charge in [0, 0.05) is 23.4 Å². The average Bonchev–Trinajstić information content (AvgIpc) is 3.12. The maximum absolute atomic E-state index is 13.6. The number of aromatic nitrogens is 3. The van der Waals surface area contributed by atoms with Crippen LogP contribution in [-0.2, 0) is 16.8 Å². The lowest BCUT2D eigenvalue weighted by atomic mass is 9.84. The van der Waals surface area contributed by atoms with Crippen LogP contribution < -0.4 is 10.3 Å². The highest BCUT2D eigenvalue weighted by Crippen LogP contribution is 2.38. The van der Waals surface area contributed by atoms with Crippen LogP contribution in [0, 0.1) is 13.8 Å². The van der Waals surface area contributed by atoms with E-state index in [1.54, 1.807) is 36.1 Å². The molecular formula is C25H25N3O5. The van der Waals surface area contributed by atoms with E-state index >= 15 is 0 Å². The summed E-state index contributed by atoms with van der Waals surface area (Å²) in [5.41, 5.74) is 1.97. The van der Waals surface area contributed by atoms with Crippen LogP contribution in [-0.4, -0.2) is 32.9 Å². The van der Waals surface area contributed by atoms with Crippen molar-refractivity contribution in [3.8, 4) is 16.9 Å². The van der Waals surface area contributed by atoms with Gasteiger partial charge in [0.1, 0.15) is 11.5 Å². The van der Waals surface area contributed by atoms with Crippen LogP contribution in [0.1, 0.15) is 36.6 Å². The summed E-state index contributed by atoms with van der Waals surface area (Å²) in [6, 6.07) is 10.8. The summed E-state index contributed by atoms with van der Waals surface area (Å²) >= 11 is 0. The van der Waals surface area contributed by atoms with Crippen molar-refractivity contribution < 1.29 is 19.2 Å². The van der Waals surface area contributed by atoms with Gasteiger partial charge in [-0.2, -0.15) is 0 Å². The van der Waals surface area contributed by atoms with Crippen LogP contribution in [0.4, 0.5) is 0 Å². The van der Waals surface area contributed by atoms with Gasteiger partial charge in [0.05, 0.1) is 41.5 Å². The summed E-state index contributed by atoms with van der Waals surface area (Å²) in [5.74, 6) is 0.108. The number of carboxylic acid groups (broad SMARTS) is 1. The monoisotopic (exact) mass is 447 g/mol. The number of rotatable bonds is 6. The Bertz CT molecular complexity index is 1400. The minimum atomic E-state index is -1.39. The number of aliphatic carboxylic acids is 1. The molecule has 3 heterocycles. The fraction of sp³-hybridized carbons (Fsp3) is 0.280. The van der Waals surface area contributed by atoms with Gasteiger partial charge in [-0.05, 0) is 57.3 Å². The fourth-order valence-corrected chi connectivity index (χ4v) is 4.01. The van der Waals surface area contributed by atoms with Crippen LogP contribution in [0.15, 0.2) is 51.9 Å². The van der Waals surface area contributed by atoms with Crippen molar-refractivity contribution in [2.45, 2.75) is 39.7 Å². The minimum Gasteiger partial charge on any atom is -0.496 e. The predicted octanol–water partition coefficient (Wildman–Crippen LogP) is 4.09. The van der Waals surface area contributed by atoms with Crippen molar-refractivity contribution in [2.75, 3.05) is 7.11 Å². The van der Waals surface area contributed by atoms with E-state index in [0.717, 1.165) is 11.1 Å². The molecule has 0 aliphatic carbocycles. The van der Waals surface area contributed by atoms with Gasteiger partial charge in [-0.15, -0.1) is 0 Å². The summed E-state index contributed by atoms with van der Waals surface area (Å²) in [6.07, 6.45) is 1.66. The van der Waals surface area contributed by atoms with Crippen LogP contribution in [0.25, 0.3) is 22.0 Å². The second kappa shape index (κ2) is 8.20. The van der Waals surface area contributed by atoms with E-state index in [9.17, 15) is 14.7 Å². The maximum Gasteiger partial charge on any atom is 0.313 e. The lowest BCUT2D eigenvalue weighted by Crippen LogP contribution is -2.37. The Balaban J connectivity index is 2.08. The normalized spacial score (nSPS) is 11.7. The molecule has 170 valence electrons. The first-order valence-corrected chi connectivity index (χ1v) is 10.5. The molecule has 1 N–H and O–H groups in total. The second-order valence-corrected chi connectivity index (χ2v) is 8.51. The molecule has 0 atom stereocenters. The molecule has 0 saturated carbocycles. The third-order valence-electron chi connectivity index (χ3n) is 5.97. The first-order chi connectivity index (χ1) is 15.6. The molecule has 3 aromatic heterocycles. The topological polar surface area (TPSA) is 107 Å². The first kappa shape index (κ1) is 22.3. The van der Waals surface area contributed by atoms with Crippen LogP contribution >= 0.6 is 0 Å². The summed E-state index contributed by atoms with van der Waals surface area (Å²) in [7, 11) is 1.56. The lowest BCUT2D eigenvalue weighted by Gasteiger charge is -2.22. The van der Waals surface area contributed by atoms with Gasteiger partial charge in [-0.3, -0.25) is 14.6 Å². The molecule has 1 aromatic carbocycles. The number of benzene rings is 1. The number of carbonyl (C=O) groups is 1. The van der Waals surface area contributed by atoms with Crippen molar-refractivity contribution in [1.29, 1.82) is 0 Å². The molecule has 0 amide bonds. The average molecular weight is 447 g/mol. The number of hydrogen-bond donors (Lipinski definition) is 1. The summed E-state index contributed by atoms with van der Waals surface area (Å²) in [5, 5.41) is 14.6. The number of methoxy groups -OCH3 is 1. The van der Waals surface area contributed by atoms with Gasteiger partial charge in [0.15, 0.2) is 0 Å². The molecular weight excluding hydrogens is 422 g/mol. The molecule has 8 nitrogen and oxygen atoms in total. The Morgan fingerprint density at radius 2 is 1.97 bits per heavy atom. The Labute approximate surface area is 190 Å². The summed E-state index contributed by atoms with van der Waals surface area (Å²) < 4.78 is 12.6. The Hall–Kier alpha value is -3.94. The van der Waals surface area contributed by atoms with E-state index in [2.05, 4.69) is 10.1 Å². The first-order valence-electron chi connectivity index (χ1n) is 10.5. The van der Waals surface area contributed by atoms with Gasteiger partial charge >= 0.3 is 5.97 Å². The number of carboxylic acids is 1. The van der Waals surface area contributed by atoms with Crippen molar-refractivity contribution in [2.24, 2.45) is 0 Å². The largest absolute Gasteiger partial charge is 0.496 e. The van der Waals surface area contributed by atoms with Gasteiger partial charge in [-0.1, -0.05) is 11.2 Å². The van der Waals surface area contributed by atoms with E-state index in [1.807, 2.05) is 32.0 Å². The zero-order valence-corrected chi connectivity index (χ0v) is 19.2. The van der Waals surface area contributed by atoms with Gasteiger partial charge < -0.3 is 18.9 Å². The highest BCUT2D eigenvalue weighted by atomic mass is 16.5. The highest BCUT2D eigenvalue weighted by molar-refractivity contribution is 5.91. The van der Waals surface area contributed by atoms with E-state index in [1.165, 1.54) is 13.8 Å². The smallest absolute Gasteiger partial charge is 0.313 e. The third kappa shape index (κ3) is 3.77. The zero-order chi connectivity index (χ0) is 23.9. The molecule has 0 aliphatic rings. The Kier molecular flexibility index (Phi) is 5.53. The van der Waals surface area contributed by atoms with Crippen molar-refractivity contribution >= 4 is 16.9 Å². The molecule has 4 rings (SSSR count). The molecule has 0 spiro atoms. The van der Waals surface area contributed by atoms with E-state index in [-0.39, 0.29) is 17.7 Å². The van der Waals surface area contributed by atoms with Crippen LogP contribution in [0.5, 0.6) is 5.75 Å². The Morgan fingerprint density at radius 3 is 2.55 bits per heavy atom. The molecule has 0 aliphatic heterocycles. The van der Waals surface area contributed by atoms with Gasteiger partial charge in [0.25, 0.3) is 5.56 Å². The van der Waals surface area contributed by atoms with Crippen molar-refractivity contribution in [1.82, 2.24) is 14.7 Å². The number of fused-ring (bicyclic) bond motifs is 1. The number of hydrogen-bond acceptors (Lipinski definition) is 6. The number of nitrogens with zero attached hydrogens (tertiary/aromatic N) is 3. The highest BCUT2D eigenvalue weighted by Gasteiger charge is 2.33. The number of aryl methyl sites for hydroxylation is 2. The number of pyridine rings is 2. The zero-order valence-electron chi connectivity index (χ0n) is 19.2. The Morgan fingerprint density at radius 1 is 1.21 bits per heavy atom. The van der Waals surface area contributed by atoms with Crippen LogP contribution in [0.3, 0.4) is 0 Å². The van der Waals surface area contributed by atoms with E-state index < -0.39 is 11.4 Å². The lowest BCUT2D eigenvalue weighted by molar-refractivity contribution is -0.142. The molecule has 0 radical (unpaired) electrons. The SMILES string of the molecule is COc1cc2c(cc1-c1c(C)noc1C)cc(C(C)(C)C(=O)O)c(=O)n2Cc1ccccn1. The van der Waals surface area contributed by atoms with E-state index in [0.29, 0.717) is 33.8 Å². The number of ether oxygens (including phenoxy) is 1. The van der Waals surface area contributed by atoms with Crippen molar-refractivity contribution in [3.05, 3.63) is 75.7 Å². The maximum atomic E-state index is 13.6. The second-order valence-electron chi connectivity index (χ2n) is 8.51. The van der Waals surface area contributed by atoms with E-state index in [4.69, 9.17) is 9.26 Å². The minimum absolute atomic E-state index is 0.188. The van der Waals surface area contributed by atoms with Gasteiger partial charge in [0.2, 0.25) is 0 Å². The van der Waals surface area contributed by atoms with Crippen LogP contribution in [0.2, 0.25) is 0 Å². The molecule has 0 fully saturated rings. The molecule has 0 saturated heterocycles. The molecule has 8 heteroatoms. The molecule has 4 aromatic rings. The van der Waals surface area contributed by atoms with Crippen molar-refractivity contribution in [3.63, 3.8) is 0 Å². The van der Waals surface area contributed by atoms with Gasteiger partial charge in [-0.25, -0.2) is 0 Å². The summed E-state index contributed by atoms with van der Waals surface area (Å²) in [4.78, 5) is 29.9.